The number of hydrogen-bond donors (Lipinski definition) is 15. The number of hydrogen-bond acceptors (Lipinski definition) is 26. The smallest absolute Gasteiger partial charge is 0.315 e. The molecule has 26 nitrogen and oxygen atoms in total. The van der Waals surface area contributed by atoms with Crippen molar-refractivity contribution < 1.29 is 129 Å². The third-order valence-corrected chi connectivity index (χ3v) is 23.4. The van der Waals surface area contributed by atoms with Crippen molar-refractivity contribution in [2.75, 3.05) is 19.8 Å². The maximum Gasteiger partial charge on any atom is 0.315 e. The van der Waals surface area contributed by atoms with Crippen LogP contribution in [0, 0.1) is 50.2 Å². The van der Waals surface area contributed by atoms with Crippen molar-refractivity contribution in [2.24, 2.45) is 50.2 Å². The molecule has 10 aliphatic rings. The minimum atomic E-state index is -1.90. The van der Waals surface area contributed by atoms with Gasteiger partial charge in [-0.15, -0.1) is 0 Å². The van der Waals surface area contributed by atoms with Crippen LogP contribution in [0.2, 0.25) is 0 Å². The summed E-state index contributed by atoms with van der Waals surface area (Å²) in [5, 5.41) is 162. The van der Waals surface area contributed by atoms with Gasteiger partial charge in [0.2, 0.25) is 6.29 Å². The van der Waals surface area contributed by atoms with Crippen LogP contribution in [0.3, 0.4) is 0 Å². The predicted octanol–water partition coefficient (Wildman–Crippen LogP) is -2.16. The standard InChI is InChI=1S/C60H98O26/c1-24-34(63)38(67)43(72)50(78-24)84-47-29(22-62)81-49(46(75)42(47)71)77-23-30-37(66)40(69)45(74)52(82-30)86-54(76)60-18-16-55(3,4)20-27(60)26-10-11-32-57(7)14-13-33(56(5,6)31(57)12-15-59(32,9)58(26,8)17-19-60)83-53-48(41(70)36(65)28(21-61)80-53)85-51-44(73)39(68)35(64)25(2)79-51/h10,24-25,27-53,61-75H,11-23H2,1-9H3/t24-,25-,27+,28-,29+,30+,31+,32+,33+,34+,35+,36+,37+,38-,39-,40-,41-,42-,43+,44-,45-,46-,47+,48-,49-,50-,51-,52+,53+,57+,58-,59+,60+/m1/s1. The van der Waals surface area contributed by atoms with E-state index in [1.807, 2.05) is 0 Å². The summed E-state index contributed by atoms with van der Waals surface area (Å²) in [5.74, 6) is -0.578. The molecule has 0 aromatic rings. The Kier molecular flexibility index (Phi) is 19.2. The SMILES string of the molecule is C[C@H]1O[C@H](O[C@H]2[C@H](O[C@H]3CC[C@@]4(C)[C@@H](CC[C@@]5(C)[C@H]4CC=C4[C@@H]6CC(C)(C)CC[C@]6(C(=O)O[C@@H]6O[C@@H](CO[C@@H]7O[C@@H](CO)[C@H](O[C@H]8O[C@H](C)[C@H](O)[C@@H](O)[C@@H]8O)[C@H](O)[C@H]7O)[C@H](O)[C@@H](O)[C@H]6O)CC[C@]45C)C3(C)C)O[C@H](CO)[C@H](O)[C@H]2O)[C@H](O)[C@H](O)[C@H]1O. The van der Waals surface area contributed by atoms with E-state index in [0.717, 1.165) is 25.7 Å². The van der Waals surface area contributed by atoms with Gasteiger partial charge in [-0.2, -0.15) is 0 Å². The molecule has 0 spiro atoms. The molecule has 494 valence electrons. The number of allylic oxidation sites excluding steroid dienone is 2. The number of aliphatic hydroxyl groups is 15. The summed E-state index contributed by atoms with van der Waals surface area (Å²) >= 11 is 0. The van der Waals surface area contributed by atoms with E-state index in [-0.39, 0.29) is 39.4 Å². The first-order valence-corrected chi connectivity index (χ1v) is 31.1. The quantitative estimate of drug-likeness (QED) is 0.0531. The highest BCUT2D eigenvalue weighted by atomic mass is 16.8. The van der Waals surface area contributed by atoms with E-state index in [4.69, 9.17) is 47.4 Å². The third-order valence-electron chi connectivity index (χ3n) is 23.4. The van der Waals surface area contributed by atoms with Gasteiger partial charge in [-0.05, 0) is 123 Å². The van der Waals surface area contributed by atoms with E-state index in [2.05, 4.69) is 54.5 Å². The van der Waals surface area contributed by atoms with Crippen molar-refractivity contribution in [2.45, 2.75) is 286 Å². The molecular weight excluding hydrogens is 1140 g/mol. The highest BCUT2D eigenvalue weighted by Gasteiger charge is 2.70. The van der Waals surface area contributed by atoms with Gasteiger partial charge in [0.05, 0.1) is 43.5 Å². The van der Waals surface area contributed by atoms with E-state index in [0.29, 0.717) is 38.5 Å². The topological polar surface area (TPSA) is 413 Å². The molecule has 86 heavy (non-hydrogen) atoms. The molecule has 5 saturated heterocycles. The zero-order chi connectivity index (χ0) is 62.9. The number of aliphatic hydroxyl groups excluding tert-OH is 15. The molecule has 0 amide bonds. The largest absolute Gasteiger partial charge is 0.432 e. The Morgan fingerprint density at radius 3 is 1.65 bits per heavy atom. The van der Waals surface area contributed by atoms with Crippen LogP contribution in [0.5, 0.6) is 0 Å². The molecule has 5 aliphatic carbocycles. The highest BCUT2D eigenvalue weighted by Crippen LogP contribution is 2.76. The van der Waals surface area contributed by atoms with Crippen LogP contribution in [-0.2, 0) is 52.2 Å². The van der Waals surface area contributed by atoms with Gasteiger partial charge in [0.25, 0.3) is 0 Å². The minimum Gasteiger partial charge on any atom is -0.432 e. The lowest BCUT2D eigenvalue weighted by atomic mass is 9.33. The molecule has 33 atom stereocenters. The zero-order valence-corrected chi connectivity index (χ0v) is 50.7. The molecule has 5 heterocycles. The first-order chi connectivity index (χ1) is 40.2. The van der Waals surface area contributed by atoms with Crippen LogP contribution in [0.1, 0.15) is 127 Å². The van der Waals surface area contributed by atoms with E-state index in [9.17, 15) is 76.6 Å². The summed E-state index contributed by atoms with van der Waals surface area (Å²) < 4.78 is 59.8. The second-order valence-corrected chi connectivity index (χ2v) is 29.1. The number of rotatable bonds is 13. The summed E-state index contributed by atoms with van der Waals surface area (Å²) in [6.45, 7) is 16.7. The maximum atomic E-state index is 15.3. The second kappa shape index (κ2) is 24.6. The average Bonchev–Trinajstić information content (AvgIpc) is 0.717. The fourth-order valence-corrected chi connectivity index (χ4v) is 17.8. The van der Waals surface area contributed by atoms with Crippen LogP contribution in [-0.4, -0.2) is 262 Å². The Labute approximate surface area is 501 Å². The summed E-state index contributed by atoms with van der Waals surface area (Å²) in [5.41, 5.74) is -1.36. The van der Waals surface area contributed by atoms with Crippen LogP contribution in [0.15, 0.2) is 11.6 Å². The van der Waals surface area contributed by atoms with Gasteiger partial charge >= 0.3 is 5.97 Å². The Hall–Kier alpha value is -1.75. The summed E-state index contributed by atoms with van der Waals surface area (Å²) in [7, 11) is 0. The first-order valence-electron chi connectivity index (χ1n) is 31.1. The Bertz CT molecular complexity index is 2400. The molecule has 15 N–H and O–H groups in total. The first kappa shape index (κ1) is 67.1. The Balaban J connectivity index is 0.832. The molecule has 0 bridgehead atoms. The van der Waals surface area contributed by atoms with Crippen LogP contribution < -0.4 is 0 Å². The number of esters is 1. The predicted molar refractivity (Wildman–Crippen MR) is 293 cm³/mol. The Morgan fingerprint density at radius 2 is 1.03 bits per heavy atom. The molecular formula is C60H98O26. The fraction of sp³-hybridized carbons (Fsp3) is 0.950. The second-order valence-electron chi connectivity index (χ2n) is 29.1. The van der Waals surface area contributed by atoms with Crippen LogP contribution >= 0.6 is 0 Å². The van der Waals surface area contributed by atoms with Gasteiger partial charge in [0, 0.05) is 0 Å². The van der Waals surface area contributed by atoms with Crippen molar-refractivity contribution in [3.8, 4) is 0 Å². The number of carbonyl (C=O) groups is 1. The number of fused-ring (bicyclic) bond motifs is 7. The molecule has 4 saturated carbocycles. The molecule has 0 unspecified atom stereocenters. The van der Waals surface area contributed by atoms with E-state index in [1.165, 1.54) is 19.4 Å². The van der Waals surface area contributed by atoms with Gasteiger partial charge in [0.1, 0.15) is 110 Å². The zero-order valence-electron chi connectivity index (χ0n) is 50.7. The lowest BCUT2D eigenvalue weighted by Gasteiger charge is -2.71. The van der Waals surface area contributed by atoms with Gasteiger partial charge in [-0.25, -0.2) is 0 Å². The van der Waals surface area contributed by atoms with Crippen molar-refractivity contribution in [3.63, 3.8) is 0 Å². The van der Waals surface area contributed by atoms with Gasteiger partial charge in [-0.3, -0.25) is 4.79 Å². The lowest BCUT2D eigenvalue weighted by Crippen LogP contribution is -2.67. The summed E-state index contributed by atoms with van der Waals surface area (Å²) in [6, 6.07) is 0. The molecule has 0 radical (unpaired) electrons. The van der Waals surface area contributed by atoms with Gasteiger partial charge in [-0.1, -0.05) is 60.1 Å². The highest BCUT2D eigenvalue weighted by molar-refractivity contribution is 5.79. The molecule has 0 aromatic carbocycles. The third kappa shape index (κ3) is 11.2. The average molecular weight is 1240 g/mol. The number of ether oxygens (including phenoxy) is 10. The molecule has 5 aliphatic heterocycles. The summed E-state index contributed by atoms with van der Waals surface area (Å²) in [4.78, 5) is 15.3. The van der Waals surface area contributed by atoms with Crippen LogP contribution in [0.4, 0.5) is 0 Å². The van der Waals surface area contributed by atoms with Crippen LogP contribution in [0.25, 0.3) is 0 Å². The maximum absolute atomic E-state index is 15.3. The van der Waals surface area contributed by atoms with Crippen molar-refractivity contribution in [3.05, 3.63) is 11.6 Å². The molecule has 26 heteroatoms. The molecule has 9 fully saturated rings. The summed E-state index contributed by atoms with van der Waals surface area (Å²) in [6.07, 6.45) is -30.7. The Morgan fingerprint density at radius 1 is 0.512 bits per heavy atom. The van der Waals surface area contributed by atoms with E-state index in [1.54, 1.807) is 0 Å². The van der Waals surface area contributed by atoms with Crippen molar-refractivity contribution in [1.82, 2.24) is 0 Å². The molecule has 10 rings (SSSR count). The normalized spacial score (nSPS) is 54.5. The minimum absolute atomic E-state index is 0.112. The van der Waals surface area contributed by atoms with Gasteiger partial charge < -0.3 is 124 Å². The van der Waals surface area contributed by atoms with E-state index < -0.39 is 196 Å². The monoisotopic (exact) mass is 1230 g/mol. The fourth-order valence-electron chi connectivity index (χ4n) is 17.8. The van der Waals surface area contributed by atoms with Crippen molar-refractivity contribution in [1.29, 1.82) is 0 Å². The van der Waals surface area contributed by atoms with E-state index >= 15 is 4.79 Å². The lowest BCUT2D eigenvalue weighted by molar-refractivity contribution is -0.376. The van der Waals surface area contributed by atoms with Crippen molar-refractivity contribution >= 4 is 5.97 Å². The van der Waals surface area contributed by atoms with Gasteiger partial charge in [0.15, 0.2) is 25.2 Å². The number of carbonyl (C=O) groups excluding carboxylic acids is 1. The molecule has 0 aromatic heterocycles.